The summed E-state index contributed by atoms with van der Waals surface area (Å²) >= 11 is 3.17. The fourth-order valence-corrected chi connectivity index (χ4v) is 0.882. The normalized spacial score (nSPS) is 12.2. The lowest BCUT2D eigenvalue weighted by molar-refractivity contribution is -0.115. The Morgan fingerprint density at radius 3 is 2.77 bits per heavy atom. The lowest BCUT2D eigenvalue weighted by atomic mass is 10.3. The van der Waals surface area contributed by atoms with Crippen molar-refractivity contribution in [2.24, 2.45) is 0 Å². The molecule has 0 fully saturated rings. The maximum atomic E-state index is 11.2. The fraction of sp³-hybridized carbons (Fsp3) is 0.333. The van der Waals surface area contributed by atoms with Crippen molar-refractivity contribution >= 4 is 27.7 Å². The average molecular weight is 243 g/mol. The SMILES string of the molecule is Cc1ccc(NC(=O)C(C)Br)nc1. The van der Waals surface area contributed by atoms with Gasteiger partial charge < -0.3 is 5.32 Å². The highest BCUT2D eigenvalue weighted by Crippen LogP contribution is 2.06. The van der Waals surface area contributed by atoms with Gasteiger partial charge in [-0.2, -0.15) is 0 Å². The van der Waals surface area contributed by atoms with Crippen molar-refractivity contribution in [2.45, 2.75) is 18.7 Å². The van der Waals surface area contributed by atoms with Gasteiger partial charge in [0, 0.05) is 6.20 Å². The quantitative estimate of drug-likeness (QED) is 0.808. The molecule has 1 heterocycles. The molecule has 0 aliphatic heterocycles. The molecule has 4 heteroatoms. The van der Waals surface area contributed by atoms with Crippen LogP contribution in [0, 0.1) is 6.92 Å². The molecule has 3 nitrogen and oxygen atoms in total. The minimum absolute atomic E-state index is 0.0867. The van der Waals surface area contributed by atoms with E-state index in [2.05, 4.69) is 26.2 Å². The minimum atomic E-state index is -0.199. The monoisotopic (exact) mass is 242 g/mol. The molecule has 13 heavy (non-hydrogen) atoms. The number of hydrogen-bond acceptors (Lipinski definition) is 2. The standard InChI is InChI=1S/C9H11BrN2O/c1-6-3-4-8(11-5-6)12-9(13)7(2)10/h3-5,7H,1-2H3,(H,11,12,13). The Hall–Kier alpha value is -0.900. The Labute approximate surface area is 85.7 Å². The van der Waals surface area contributed by atoms with Crippen molar-refractivity contribution in [3.8, 4) is 0 Å². The zero-order valence-electron chi connectivity index (χ0n) is 7.54. The van der Waals surface area contributed by atoms with E-state index < -0.39 is 0 Å². The van der Waals surface area contributed by atoms with Gasteiger partial charge in [-0.05, 0) is 25.5 Å². The molecule has 0 bridgehead atoms. The van der Waals surface area contributed by atoms with E-state index in [1.807, 2.05) is 13.0 Å². The molecule has 0 aliphatic carbocycles. The third-order valence-corrected chi connectivity index (χ3v) is 1.94. The number of carbonyl (C=O) groups is 1. The number of amides is 1. The first kappa shape index (κ1) is 10.2. The van der Waals surface area contributed by atoms with Gasteiger partial charge in [0.25, 0.3) is 0 Å². The van der Waals surface area contributed by atoms with Crippen LogP contribution in [0.25, 0.3) is 0 Å². The summed E-state index contributed by atoms with van der Waals surface area (Å²) in [7, 11) is 0. The number of hydrogen-bond donors (Lipinski definition) is 1. The number of anilines is 1. The summed E-state index contributed by atoms with van der Waals surface area (Å²) in [5, 5.41) is 2.67. The van der Waals surface area contributed by atoms with Crippen LogP contribution in [0.5, 0.6) is 0 Å². The van der Waals surface area contributed by atoms with Gasteiger partial charge in [-0.25, -0.2) is 4.98 Å². The van der Waals surface area contributed by atoms with Gasteiger partial charge in [-0.15, -0.1) is 0 Å². The van der Waals surface area contributed by atoms with Gasteiger partial charge in [0.1, 0.15) is 5.82 Å². The fourth-order valence-electron chi connectivity index (χ4n) is 0.767. The van der Waals surface area contributed by atoms with Crippen LogP contribution in [0.1, 0.15) is 12.5 Å². The highest BCUT2D eigenvalue weighted by Gasteiger charge is 2.08. The Kier molecular flexibility index (Phi) is 3.42. The summed E-state index contributed by atoms with van der Waals surface area (Å²) in [6.07, 6.45) is 1.72. The van der Waals surface area contributed by atoms with Crippen LogP contribution in [0.3, 0.4) is 0 Å². The average Bonchev–Trinajstić information content (AvgIpc) is 2.08. The lowest BCUT2D eigenvalue weighted by Gasteiger charge is -2.05. The summed E-state index contributed by atoms with van der Waals surface area (Å²) in [5.74, 6) is 0.498. The smallest absolute Gasteiger partial charge is 0.239 e. The topological polar surface area (TPSA) is 42.0 Å². The van der Waals surface area contributed by atoms with Crippen LogP contribution in [0.4, 0.5) is 5.82 Å². The second-order valence-corrected chi connectivity index (χ2v) is 4.20. The van der Waals surface area contributed by atoms with Crippen molar-refractivity contribution in [1.29, 1.82) is 0 Å². The maximum Gasteiger partial charge on any atom is 0.239 e. The third kappa shape index (κ3) is 3.14. The van der Waals surface area contributed by atoms with Gasteiger partial charge in [0.2, 0.25) is 5.91 Å². The summed E-state index contributed by atoms with van der Waals surface area (Å²) < 4.78 is 0. The number of carbonyl (C=O) groups excluding carboxylic acids is 1. The molecule has 0 saturated heterocycles. The molecule has 1 aromatic heterocycles. The molecule has 0 aromatic carbocycles. The molecular formula is C9H11BrN2O. The number of alkyl halides is 1. The highest BCUT2D eigenvalue weighted by atomic mass is 79.9. The minimum Gasteiger partial charge on any atom is -0.310 e. The molecule has 0 spiro atoms. The molecule has 1 atom stereocenters. The molecule has 1 rings (SSSR count). The van der Waals surface area contributed by atoms with Crippen LogP contribution in [-0.2, 0) is 4.79 Å². The van der Waals surface area contributed by atoms with Crippen LogP contribution in [-0.4, -0.2) is 15.7 Å². The Bertz CT molecular complexity index is 295. The number of halogens is 1. The molecule has 1 N–H and O–H groups in total. The summed E-state index contributed by atoms with van der Waals surface area (Å²) in [6, 6.07) is 3.68. The number of rotatable bonds is 2. The predicted octanol–water partition coefficient (Wildman–Crippen LogP) is 2.11. The molecule has 1 amide bonds. The van der Waals surface area contributed by atoms with Gasteiger partial charge in [-0.1, -0.05) is 22.0 Å². The Balaban J connectivity index is 2.65. The molecule has 1 aromatic rings. The van der Waals surface area contributed by atoms with Crippen molar-refractivity contribution in [3.05, 3.63) is 23.9 Å². The van der Waals surface area contributed by atoms with E-state index in [1.54, 1.807) is 19.2 Å². The number of nitrogens with zero attached hydrogens (tertiary/aromatic N) is 1. The number of nitrogens with one attached hydrogen (secondary N) is 1. The number of pyridine rings is 1. The number of aryl methyl sites for hydroxylation is 1. The summed E-state index contributed by atoms with van der Waals surface area (Å²) in [5.41, 5.74) is 1.07. The van der Waals surface area contributed by atoms with Crippen LogP contribution >= 0.6 is 15.9 Å². The van der Waals surface area contributed by atoms with Crippen LogP contribution < -0.4 is 5.32 Å². The molecular weight excluding hydrogens is 232 g/mol. The zero-order valence-corrected chi connectivity index (χ0v) is 9.13. The van der Waals surface area contributed by atoms with Gasteiger partial charge in [-0.3, -0.25) is 4.79 Å². The van der Waals surface area contributed by atoms with E-state index in [9.17, 15) is 4.79 Å². The van der Waals surface area contributed by atoms with Gasteiger partial charge in [0.05, 0.1) is 4.83 Å². The van der Waals surface area contributed by atoms with Crippen molar-refractivity contribution in [1.82, 2.24) is 4.98 Å². The van der Waals surface area contributed by atoms with Gasteiger partial charge >= 0.3 is 0 Å². The summed E-state index contributed by atoms with van der Waals surface area (Å²) in [6.45, 7) is 3.72. The van der Waals surface area contributed by atoms with E-state index >= 15 is 0 Å². The Morgan fingerprint density at radius 1 is 1.62 bits per heavy atom. The lowest BCUT2D eigenvalue weighted by Crippen LogP contribution is -2.20. The largest absolute Gasteiger partial charge is 0.310 e. The third-order valence-electron chi connectivity index (χ3n) is 1.52. The van der Waals surface area contributed by atoms with Crippen molar-refractivity contribution in [3.63, 3.8) is 0 Å². The molecule has 1 unspecified atom stereocenters. The van der Waals surface area contributed by atoms with E-state index in [-0.39, 0.29) is 10.7 Å². The number of aromatic nitrogens is 1. The molecule has 0 aliphatic rings. The van der Waals surface area contributed by atoms with Crippen LogP contribution in [0.2, 0.25) is 0 Å². The highest BCUT2D eigenvalue weighted by molar-refractivity contribution is 9.10. The molecule has 0 saturated carbocycles. The first-order valence-electron chi connectivity index (χ1n) is 3.97. The summed E-state index contributed by atoms with van der Waals surface area (Å²) in [4.78, 5) is 15.0. The first-order chi connectivity index (χ1) is 6.09. The van der Waals surface area contributed by atoms with E-state index in [0.29, 0.717) is 5.82 Å². The molecule has 70 valence electrons. The van der Waals surface area contributed by atoms with E-state index in [1.165, 1.54) is 0 Å². The first-order valence-corrected chi connectivity index (χ1v) is 4.89. The second kappa shape index (κ2) is 4.37. The second-order valence-electron chi connectivity index (χ2n) is 2.83. The maximum absolute atomic E-state index is 11.2. The van der Waals surface area contributed by atoms with Crippen molar-refractivity contribution in [2.75, 3.05) is 5.32 Å². The predicted molar refractivity (Wildman–Crippen MR) is 56.0 cm³/mol. The molecule has 0 radical (unpaired) electrons. The van der Waals surface area contributed by atoms with Gasteiger partial charge in [0.15, 0.2) is 0 Å². The van der Waals surface area contributed by atoms with E-state index in [0.717, 1.165) is 5.56 Å². The zero-order chi connectivity index (χ0) is 9.84. The van der Waals surface area contributed by atoms with Crippen LogP contribution in [0.15, 0.2) is 18.3 Å². The Morgan fingerprint density at radius 2 is 2.31 bits per heavy atom. The van der Waals surface area contributed by atoms with Crippen molar-refractivity contribution < 1.29 is 4.79 Å². The van der Waals surface area contributed by atoms with E-state index in [4.69, 9.17) is 0 Å².